The number of pyridine rings is 1. The number of hydrogen-bond donors (Lipinski definition) is 3. The molecule has 0 aliphatic rings. The maximum absolute atomic E-state index is 14.0. The summed E-state index contributed by atoms with van der Waals surface area (Å²) in [4.78, 5) is 12.7. The maximum Gasteiger partial charge on any atom is 0.225 e. The molecule has 0 saturated carbocycles. The highest BCUT2D eigenvalue weighted by atomic mass is 35.5. The molecule has 3 N–H and O–H groups in total. The van der Waals surface area contributed by atoms with E-state index in [1.807, 2.05) is 0 Å². The molecular weight excluding hydrogens is 345 g/mol. The molecule has 0 aliphatic carbocycles. The van der Waals surface area contributed by atoms with Gasteiger partial charge in [-0.15, -0.1) is 0 Å². The number of halogens is 2. The van der Waals surface area contributed by atoms with Gasteiger partial charge in [-0.1, -0.05) is 17.7 Å². The van der Waals surface area contributed by atoms with Gasteiger partial charge in [0.05, 0.1) is 23.0 Å². The van der Waals surface area contributed by atoms with Gasteiger partial charge in [-0.3, -0.25) is 4.98 Å². The fraction of sp³-hybridized carbons (Fsp3) is 0.118. The molecule has 0 aliphatic heterocycles. The first-order valence-electron chi connectivity index (χ1n) is 7.52. The number of para-hydroxylation sites is 1. The summed E-state index contributed by atoms with van der Waals surface area (Å²) >= 11 is 6.06. The first-order chi connectivity index (χ1) is 12.2. The van der Waals surface area contributed by atoms with E-state index in [4.69, 9.17) is 16.7 Å². The number of nitrogens with one attached hydrogen (secondary N) is 2. The Morgan fingerprint density at radius 2 is 1.92 bits per heavy atom. The monoisotopic (exact) mass is 359 g/mol. The molecule has 2 heterocycles. The number of aliphatic hydroxyl groups excluding tert-OH is 1. The third kappa shape index (κ3) is 4.20. The molecule has 6 nitrogen and oxygen atoms in total. The standard InChI is InChI=1S/C17H15ClFN5O/c18-12-2-1-3-13(19)16(12)23-15-10-14(11-4-6-20-7-5-11)22-17(24-15)21-8-9-25/h1-7,10,25H,8-9H2,(H2,21,22,23,24). The molecule has 0 fully saturated rings. The summed E-state index contributed by atoms with van der Waals surface area (Å²) < 4.78 is 14.0. The summed E-state index contributed by atoms with van der Waals surface area (Å²) in [7, 11) is 0. The molecule has 0 spiro atoms. The predicted octanol–water partition coefficient (Wildman–Crippen LogP) is 3.48. The van der Waals surface area contributed by atoms with E-state index in [1.165, 1.54) is 12.1 Å². The first kappa shape index (κ1) is 17.1. The van der Waals surface area contributed by atoms with Crippen LogP contribution in [0.5, 0.6) is 0 Å². The molecule has 0 atom stereocenters. The molecule has 128 valence electrons. The number of hydrogen-bond acceptors (Lipinski definition) is 6. The average Bonchev–Trinajstić information content (AvgIpc) is 2.64. The Morgan fingerprint density at radius 3 is 2.64 bits per heavy atom. The number of rotatable bonds is 6. The van der Waals surface area contributed by atoms with Crippen LogP contribution in [0.3, 0.4) is 0 Å². The zero-order valence-corrected chi connectivity index (χ0v) is 13.8. The van der Waals surface area contributed by atoms with Crippen LogP contribution in [0.2, 0.25) is 5.02 Å². The Morgan fingerprint density at radius 1 is 1.12 bits per heavy atom. The Bertz CT molecular complexity index is 843. The van der Waals surface area contributed by atoms with E-state index in [2.05, 4.69) is 25.6 Å². The van der Waals surface area contributed by atoms with Crippen molar-refractivity contribution in [2.45, 2.75) is 0 Å². The van der Waals surface area contributed by atoms with E-state index in [0.29, 0.717) is 24.0 Å². The van der Waals surface area contributed by atoms with Crippen molar-refractivity contribution in [2.75, 3.05) is 23.8 Å². The van der Waals surface area contributed by atoms with Gasteiger partial charge < -0.3 is 15.7 Å². The first-order valence-corrected chi connectivity index (χ1v) is 7.90. The summed E-state index contributed by atoms with van der Waals surface area (Å²) in [5.41, 5.74) is 1.58. The van der Waals surface area contributed by atoms with Crippen molar-refractivity contribution in [1.82, 2.24) is 15.0 Å². The molecule has 8 heteroatoms. The van der Waals surface area contributed by atoms with Gasteiger partial charge in [0.1, 0.15) is 11.6 Å². The Balaban J connectivity index is 2.00. The molecule has 1 aromatic carbocycles. The molecule has 0 unspecified atom stereocenters. The minimum absolute atomic E-state index is 0.0647. The van der Waals surface area contributed by atoms with Crippen LogP contribution in [0.1, 0.15) is 0 Å². The third-order valence-electron chi connectivity index (χ3n) is 3.31. The molecule has 0 amide bonds. The van der Waals surface area contributed by atoms with E-state index in [-0.39, 0.29) is 17.3 Å². The van der Waals surface area contributed by atoms with Gasteiger partial charge >= 0.3 is 0 Å². The van der Waals surface area contributed by atoms with Crippen molar-refractivity contribution >= 4 is 29.1 Å². The summed E-state index contributed by atoms with van der Waals surface area (Å²) in [5, 5.41) is 15.0. The molecule has 0 bridgehead atoms. The highest BCUT2D eigenvalue weighted by Gasteiger charge is 2.11. The number of nitrogens with zero attached hydrogens (tertiary/aromatic N) is 3. The Hall–Kier alpha value is -2.77. The summed E-state index contributed by atoms with van der Waals surface area (Å²) in [6, 6.07) is 9.71. The molecule has 0 radical (unpaired) electrons. The SMILES string of the molecule is OCCNc1nc(Nc2c(F)cccc2Cl)cc(-c2ccncc2)n1. The van der Waals surface area contributed by atoms with E-state index in [0.717, 1.165) is 5.56 Å². The van der Waals surface area contributed by atoms with Crippen LogP contribution in [0.25, 0.3) is 11.3 Å². The molecular formula is C17H15ClFN5O. The van der Waals surface area contributed by atoms with Gasteiger partial charge in [-0.2, -0.15) is 4.98 Å². The van der Waals surface area contributed by atoms with E-state index >= 15 is 0 Å². The Kier molecular flexibility index (Phi) is 5.37. The van der Waals surface area contributed by atoms with Gasteiger partial charge in [-0.25, -0.2) is 9.37 Å². The molecule has 3 rings (SSSR count). The maximum atomic E-state index is 14.0. The molecule has 2 aromatic heterocycles. The van der Waals surface area contributed by atoms with Crippen molar-refractivity contribution in [1.29, 1.82) is 0 Å². The van der Waals surface area contributed by atoms with Gasteiger partial charge in [0.2, 0.25) is 5.95 Å². The number of benzene rings is 1. The van der Waals surface area contributed by atoms with Crippen molar-refractivity contribution in [3.05, 3.63) is 59.6 Å². The smallest absolute Gasteiger partial charge is 0.225 e. The van der Waals surface area contributed by atoms with Gasteiger partial charge in [0.15, 0.2) is 0 Å². The predicted molar refractivity (Wildman–Crippen MR) is 95.5 cm³/mol. The minimum Gasteiger partial charge on any atom is -0.395 e. The Labute approximate surface area is 148 Å². The number of aromatic nitrogens is 3. The van der Waals surface area contributed by atoms with Crippen molar-refractivity contribution in [2.24, 2.45) is 0 Å². The second-order valence-corrected chi connectivity index (χ2v) is 5.48. The highest BCUT2D eigenvalue weighted by molar-refractivity contribution is 6.33. The lowest BCUT2D eigenvalue weighted by Gasteiger charge is -2.12. The van der Waals surface area contributed by atoms with Crippen molar-refractivity contribution < 1.29 is 9.50 Å². The van der Waals surface area contributed by atoms with E-state index in [1.54, 1.807) is 36.7 Å². The zero-order valence-electron chi connectivity index (χ0n) is 13.1. The van der Waals surface area contributed by atoms with Crippen LogP contribution in [-0.4, -0.2) is 33.2 Å². The van der Waals surface area contributed by atoms with E-state index < -0.39 is 5.82 Å². The fourth-order valence-corrected chi connectivity index (χ4v) is 2.38. The lowest BCUT2D eigenvalue weighted by atomic mass is 10.2. The van der Waals surface area contributed by atoms with Gasteiger partial charge in [-0.05, 0) is 24.3 Å². The van der Waals surface area contributed by atoms with Crippen molar-refractivity contribution in [3.8, 4) is 11.3 Å². The molecule has 0 saturated heterocycles. The topological polar surface area (TPSA) is 83.0 Å². The quantitative estimate of drug-likeness (QED) is 0.625. The van der Waals surface area contributed by atoms with Crippen LogP contribution >= 0.6 is 11.6 Å². The summed E-state index contributed by atoms with van der Waals surface area (Å²) in [6.45, 7) is 0.227. The second kappa shape index (κ2) is 7.87. The normalized spacial score (nSPS) is 10.5. The van der Waals surface area contributed by atoms with Gasteiger partial charge in [0, 0.05) is 30.6 Å². The lowest BCUT2D eigenvalue weighted by molar-refractivity contribution is 0.311. The number of anilines is 3. The minimum atomic E-state index is -0.485. The van der Waals surface area contributed by atoms with E-state index in [9.17, 15) is 4.39 Å². The van der Waals surface area contributed by atoms with Crippen LogP contribution in [0.4, 0.5) is 21.8 Å². The van der Waals surface area contributed by atoms with Crippen molar-refractivity contribution in [3.63, 3.8) is 0 Å². The van der Waals surface area contributed by atoms with Crippen LogP contribution in [-0.2, 0) is 0 Å². The largest absolute Gasteiger partial charge is 0.395 e. The highest BCUT2D eigenvalue weighted by Crippen LogP contribution is 2.29. The molecule has 3 aromatic rings. The third-order valence-corrected chi connectivity index (χ3v) is 3.63. The molecule has 25 heavy (non-hydrogen) atoms. The average molecular weight is 360 g/mol. The summed E-state index contributed by atoms with van der Waals surface area (Å²) in [5.74, 6) is 0.189. The number of aliphatic hydroxyl groups is 1. The van der Waals surface area contributed by atoms with Crippen LogP contribution in [0, 0.1) is 5.82 Å². The zero-order chi connectivity index (χ0) is 17.6. The second-order valence-electron chi connectivity index (χ2n) is 5.07. The van der Waals surface area contributed by atoms with Crippen LogP contribution < -0.4 is 10.6 Å². The fourth-order valence-electron chi connectivity index (χ4n) is 2.17. The lowest BCUT2D eigenvalue weighted by Crippen LogP contribution is -2.10. The summed E-state index contributed by atoms with van der Waals surface area (Å²) in [6.07, 6.45) is 3.30. The van der Waals surface area contributed by atoms with Gasteiger partial charge in [0.25, 0.3) is 0 Å². The van der Waals surface area contributed by atoms with Crippen LogP contribution in [0.15, 0.2) is 48.8 Å².